The average molecular weight is 507 g/mol. The predicted molar refractivity (Wildman–Crippen MR) is 151 cm³/mol. The topological polar surface area (TPSA) is 9.23 Å². The third-order valence-corrected chi connectivity index (χ3v) is 8.57. The molecule has 2 unspecified atom stereocenters. The molecule has 0 bridgehead atoms. The molecule has 0 N–H and O–H groups in total. The lowest BCUT2D eigenvalue weighted by atomic mass is 9.75. The molecule has 2 fully saturated rings. The van der Waals surface area contributed by atoms with E-state index in [1.54, 1.807) is 0 Å². The smallest absolute Gasteiger partial charge is 0.266 e. The SMILES string of the molecule is CC=CCCC1CCC(C2CCC(c3ccc(-c4ccc(CCCCC=C(F)F)cc4)cc3)CC2)OC1. The number of ether oxygens (including phenoxy) is 1. The minimum absolute atomic E-state index is 0.459. The number of hydrogen-bond donors (Lipinski definition) is 0. The maximum atomic E-state index is 12.1. The van der Waals surface area contributed by atoms with E-state index in [1.807, 2.05) is 0 Å². The Kier molecular flexibility index (Phi) is 11.0. The summed E-state index contributed by atoms with van der Waals surface area (Å²) in [5.74, 6) is 2.17. The summed E-state index contributed by atoms with van der Waals surface area (Å²) in [5, 5.41) is 0. The van der Waals surface area contributed by atoms with Crippen LogP contribution in [0.4, 0.5) is 8.78 Å². The largest absolute Gasteiger partial charge is 0.378 e. The molecule has 1 nitrogen and oxygen atoms in total. The van der Waals surface area contributed by atoms with Crippen LogP contribution in [0.5, 0.6) is 0 Å². The molecule has 4 rings (SSSR count). The second-order valence-electron chi connectivity index (χ2n) is 11.1. The zero-order valence-corrected chi connectivity index (χ0v) is 22.5. The first-order valence-electron chi connectivity index (χ1n) is 14.6. The summed E-state index contributed by atoms with van der Waals surface area (Å²) in [6.07, 6.45) is 17.7. The lowest BCUT2D eigenvalue weighted by Crippen LogP contribution is -2.34. The molecular formula is C34H44F2O. The highest BCUT2D eigenvalue weighted by atomic mass is 19.3. The van der Waals surface area contributed by atoms with E-state index >= 15 is 0 Å². The van der Waals surface area contributed by atoms with Crippen LogP contribution in [0.15, 0.2) is 72.8 Å². The molecule has 2 aromatic rings. The van der Waals surface area contributed by atoms with Crippen molar-refractivity contribution < 1.29 is 13.5 Å². The van der Waals surface area contributed by atoms with Gasteiger partial charge in [-0.2, -0.15) is 8.78 Å². The van der Waals surface area contributed by atoms with Gasteiger partial charge in [-0.15, -0.1) is 0 Å². The van der Waals surface area contributed by atoms with Gasteiger partial charge >= 0.3 is 0 Å². The quantitative estimate of drug-likeness (QED) is 0.218. The number of halogens is 2. The van der Waals surface area contributed by atoms with Crippen LogP contribution >= 0.6 is 0 Å². The Bertz CT molecular complexity index is 971. The van der Waals surface area contributed by atoms with E-state index in [0.717, 1.165) is 43.8 Å². The van der Waals surface area contributed by atoms with Crippen LogP contribution in [-0.2, 0) is 11.2 Å². The molecule has 2 aliphatic rings. The van der Waals surface area contributed by atoms with E-state index in [9.17, 15) is 8.78 Å². The van der Waals surface area contributed by atoms with Gasteiger partial charge in [0.05, 0.1) is 6.10 Å². The van der Waals surface area contributed by atoms with Gasteiger partial charge in [-0.3, -0.25) is 0 Å². The van der Waals surface area contributed by atoms with E-state index in [-0.39, 0.29) is 0 Å². The van der Waals surface area contributed by atoms with Crippen LogP contribution in [-0.4, -0.2) is 12.7 Å². The third-order valence-electron chi connectivity index (χ3n) is 8.57. The minimum Gasteiger partial charge on any atom is -0.378 e. The molecule has 3 heteroatoms. The van der Waals surface area contributed by atoms with Gasteiger partial charge in [-0.05, 0) is 130 Å². The molecule has 0 amide bonds. The number of hydrogen-bond acceptors (Lipinski definition) is 1. The van der Waals surface area contributed by atoms with E-state index < -0.39 is 6.08 Å². The molecule has 1 aliphatic carbocycles. The van der Waals surface area contributed by atoms with Crippen LogP contribution in [0.25, 0.3) is 11.1 Å². The van der Waals surface area contributed by atoms with Gasteiger partial charge in [0.25, 0.3) is 6.08 Å². The highest BCUT2D eigenvalue weighted by Gasteiger charge is 2.31. The van der Waals surface area contributed by atoms with Gasteiger partial charge in [-0.25, -0.2) is 0 Å². The molecule has 1 saturated carbocycles. The van der Waals surface area contributed by atoms with Gasteiger partial charge < -0.3 is 4.74 Å². The molecule has 37 heavy (non-hydrogen) atoms. The minimum atomic E-state index is -1.57. The lowest BCUT2D eigenvalue weighted by molar-refractivity contribution is -0.0573. The van der Waals surface area contributed by atoms with Crippen molar-refractivity contribution in [3.8, 4) is 11.1 Å². The van der Waals surface area contributed by atoms with E-state index in [4.69, 9.17) is 4.74 Å². The van der Waals surface area contributed by atoms with Crippen LogP contribution < -0.4 is 0 Å². The maximum absolute atomic E-state index is 12.1. The van der Waals surface area contributed by atoms with Gasteiger partial charge in [0.1, 0.15) is 0 Å². The van der Waals surface area contributed by atoms with Gasteiger partial charge in [-0.1, -0.05) is 60.7 Å². The first-order valence-corrected chi connectivity index (χ1v) is 14.6. The summed E-state index contributed by atoms with van der Waals surface area (Å²) < 4.78 is 30.6. The lowest BCUT2D eigenvalue weighted by Gasteiger charge is -2.38. The molecule has 0 radical (unpaired) electrons. The standard InChI is InChI=1S/C34H44F2O/c1-2-3-5-9-27-13-24-33(37-25-27)32-22-20-31(21-23-32)30-18-16-29(17-19-30)28-14-11-26(12-15-28)8-6-4-7-10-34(35)36/h2-3,10-12,14-19,27,31-33H,4-9,13,20-25H2,1H3. The third kappa shape index (κ3) is 8.64. The second kappa shape index (κ2) is 14.6. The van der Waals surface area contributed by atoms with Crippen LogP contribution in [0.2, 0.25) is 0 Å². The van der Waals surface area contributed by atoms with Crippen molar-refractivity contribution in [2.24, 2.45) is 11.8 Å². The van der Waals surface area contributed by atoms with Crippen molar-refractivity contribution in [1.29, 1.82) is 0 Å². The molecule has 1 heterocycles. The molecule has 2 atom stereocenters. The Morgan fingerprint density at radius 1 is 0.838 bits per heavy atom. The summed E-state index contributed by atoms with van der Waals surface area (Å²) in [7, 11) is 0. The number of rotatable bonds is 11. The molecular weight excluding hydrogens is 462 g/mol. The summed E-state index contributed by atoms with van der Waals surface area (Å²) in [5.41, 5.74) is 5.24. The van der Waals surface area contributed by atoms with Crippen molar-refractivity contribution in [3.63, 3.8) is 0 Å². The molecule has 0 aromatic heterocycles. The Balaban J connectivity index is 1.20. The summed E-state index contributed by atoms with van der Waals surface area (Å²) in [6, 6.07) is 17.9. The summed E-state index contributed by atoms with van der Waals surface area (Å²) >= 11 is 0. The van der Waals surface area contributed by atoms with Gasteiger partial charge in [0.15, 0.2) is 0 Å². The summed E-state index contributed by atoms with van der Waals surface area (Å²) in [6.45, 7) is 3.06. The van der Waals surface area contributed by atoms with Crippen molar-refractivity contribution in [2.45, 2.75) is 96.0 Å². The van der Waals surface area contributed by atoms with E-state index in [0.29, 0.717) is 18.4 Å². The van der Waals surface area contributed by atoms with Crippen molar-refractivity contribution in [2.75, 3.05) is 6.61 Å². The molecule has 2 aromatic carbocycles. The van der Waals surface area contributed by atoms with Gasteiger partial charge in [0, 0.05) is 6.61 Å². The molecule has 200 valence electrons. The molecule has 0 spiro atoms. The highest BCUT2D eigenvalue weighted by molar-refractivity contribution is 5.64. The number of benzene rings is 2. The predicted octanol–water partition coefficient (Wildman–Crippen LogP) is 10.3. The van der Waals surface area contributed by atoms with E-state index in [2.05, 4.69) is 67.6 Å². The monoisotopic (exact) mass is 506 g/mol. The highest BCUT2D eigenvalue weighted by Crippen LogP contribution is 2.40. The Morgan fingerprint density at radius 3 is 2.16 bits per heavy atom. The van der Waals surface area contributed by atoms with Crippen molar-refractivity contribution >= 4 is 0 Å². The normalized spacial score (nSPS) is 24.3. The Labute approximate surface area is 223 Å². The fraction of sp³-hybridized carbons (Fsp3) is 0.529. The average Bonchev–Trinajstić information content (AvgIpc) is 2.94. The first-order chi connectivity index (χ1) is 18.1. The van der Waals surface area contributed by atoms with Crippen molar-refractivity contribution in [3.05, 3.63) is 84.0 Å². The van der Waals surface area contributed by atoms with Crippen LogP contribution in [0.1, 0.15) is 94.6 Å². The fourth-order valence-electron chi connectivity index (χ4n) is 6.24. The maximum Gasteiger partial charge on any atom is 0.266 e. The Hall–Kier alpha value is -2.26. The number of aryl methyl sites for hydroxylation is 1. The number of unbranched alkanes of at least 4 members (excludes halogenated alkanes) is 2. The first kappa shape index (κ1) is 27.8. The number of allylic oxidation sites excluding steroid dienone is 3. The zero-order valence-electron chi connectivity index (χ0n) is 22.5. The van der Waals surface area contributed by atoms with E-state index in [1.165, 1.54) is 73.6 Å². The fourth-order valence-corrected chi connectivity index (χ4v) is 6.24. The molecule has 1 saturated heterocycles. The van der Waals surface area contributed by atoms with Crippen LogP contribution in [0, 0.1) is 11.8 Å². The van der Waals surface area contributed by atoms with Gasteiger partial charge in [0.2, 0.25) is 0 Å². The summed E-state index contributed by atoms with van der Waals surface area (Å²) in [4.78, 5) is 0. The Morgan fingerprint density at radius 2 is 1.54 bits per heavy atom. The second-order valence-corrected chi connectivity index (χ2v) is 11.1. The zero-order chi connectivity index (χ0) is 25.9. The van der Waals surface area contributed by atoms with Crippen molar-refractivity contribution in [1.82, 2.24) is 0 Å². The molecule has 1 aliphatic heterocycles. The van der Waals surface area contributed by atoms with Crippen LogP contribution in [0.3, 0.4) is 0 Å².